The van der Waals surface area contributed by atoms with Gasteiger partial charge in [0, 0.05) is 18.2 Å². The minimum absolute atomic E-state index is 0. The van der Waals surface area contributed by atoms with Crippen LogP contribution in [0.1, 0.15) is 12.0 Å². The van der Waals surface area contributed by atoms with E-state index < -0.39 is 0 Å². The monoisotopic (exact) mass is 345 g/mol. The van der Waals surface area contributed by atoms with Crippen molar-refractivity contribution in [3.8, 4) is 16.9 Å². The van der Waals surface area contributed by atoms with E-state index >= 15 is 0 Å². The maximum absolute atomic E-state index is 9.76. The van der Waals surface area contributed by atoms with E-state index in [9.17, 15) is 5.11 Å². The first-order valence-electron chi connectivity index (χ1n) is 8.01. The van der Waals surface area contributed by atoms with Gasteiger partial charge in [-0.2, -0.15) is 0 Å². The molecule has 2 aromatic carbocycles. The number of hydrogen-bond acceptors (Lipinski definition) is 3. The number of nitrogens with zero attached hydrogens (tertiary/aromatic N) is 1. The maximum atomic E-state index is 9.76. The Balaban J connectivity index is 0.00000208. The molecule has 1 fully saturated rings. The lowest BCUT2D eigenvalue weighted by Crippen LogP contribution is -2.30. The zero-order chi connectivity index (χ0) is 16.2. The minimum atomic E-state index is -0.245. The Morgan fingerprint density at radius 1 is 1.17 bits per heavy atom. The molecule has 1 heterocycles. The van der Waals surface area contributed by atoms with Crippen LogP contribution in [0.5, 0.6) is 5.75 Å². The van der Waals surface area contributed by atoms with Crippen molar-refractivity contribution in [2.75, 3.05) is 20.2 Å². The summed E-state index contributed by atoms with van der Waals surface area (Å²) in [7, 11) is 2.03. The Bertz CT molecular complexity index is 689. The van der Waals surface area contributed by atoms with E-state index in [4.69, 9.17) is 4.74 Å². The van der Waals surface area contributed by atoms with Crippen LogP contribution in [-0.4, -0.2) is 42.4 Å². The number of para-hydroxylation sites is 1. The fourth-order valence-corrected chi connectivity index (χ4v) is 3.17. The molecule has 0 aliphatic carbocycles. The Labute approximate surface area is 150 Å². The molecular formula is C20H24ClNO2. The molecule has 128 valence electrons. The molecule has 0 bridgehead atoms. The van der Waals surface area contributed by atoms with E-state index in [2.05, 4.69) is 29.7 Å². The Hall–Kier alpha value is -1.81. The molecule has 3 rings (SSSR count). The van der Waals surface area contributed by atoms with Crippen molar-refractivity contribution >= 4 is 18.5 Å². The van der Waals surface area contributed by atoms with Gasteiger partial charge in [0.1, 0.15) is 12.4 Å². The first-order chi connectivity index (χ1) is 11.2. The smallest absolute Gasteiger partial charge is 0.127 e. The summed E-state index contributed by atoms with van der Waals surface area (Å²) in [5.74, 6) is 0.872. The quantitative estimate of drug-likeness (QED) is 0.893. The van der Waals surface area contributed by atoms with Crippen molar-refractivity contribution in [2.45, 2.75) is 18.6 Å². The molecule has 1 unspecified atom stereocenters. The van der Waals surface area contributed by atoms with Crippen molar-refractivity contribution in [3.05, 3.63) is 60.7 Å². The van der Waals surface area contributed by atoms with Gasteiger partial charge in [-0.25, -0.2) is 0 Å². The van der Waals surface area contributed by atoms with Gasteiger partial charge < -0.3 is 9.84 Å². The topological polar surface area (TPSA) is 32.7 Å². The molecule has 1 aliphatic rings. The van der Waals surface area contributed by atoms with E-state index in [1.807, 2.05) is 43.5 Å². The molecule has 1 saturated heterocycles. The molecule has 1 N–H and O–H groups in total. The average molecular weight is 346 g/mol. The molecule has 0 aromatic heterocycles. The molecular weight excluding hydrogens is 322 g/mol. The third-order valence-corrected chi connectivity index (χ3v) is 4.46. The number of ether oxygens (including phenoxy) is 1. The lowest BCUT2D eigenvalue weighted by atomic mass is 9.99. The van der Waals surface area contributed by atoms with Crippen LogP contribution in [0.15, 0.2) is 55.1 Å². The number of hydrogen-bond donors (Lipinski definition) is 1. The summed E-state index contributed by atoms with van der Waals surface area (Å²) in [5, 5.41) is 9.76. The van der Waals surface area contributed by atoms with Gasteiger partial charge >= 0.3 is 0 Å². The first-order valence-corrected chi connectivity index (χ1v) is 8.01. The lowest BCUT2D eigenvalue weighted by molar-refractivity contribution is 0.182. The van der Waals surface area contributed by atoms with Crippen LogP contribution in [0.4, 0.5) is 0 Å². The Kier molecular flexibility index (Phi) is 6.44. The summed E-state index contributed by atoms with van der Waals surface area (Å²) in [6, 6.07) is 16.5. The fourth-order valence-electron chi connectivity index (χ4n) is 3.17. The SMILES string of the molecule is C=Cc1ccccc1-c1ccccc1OCC1C[C@@H](O)CN1C.Cl. The van der Waals surface area contributed by atoms with Crippen LogP contribution in [0.25, 0.3) is 17.2 Å². The van der Waals surface area contributed by atoms with Crippen molar-refractivity contribution < 1.29 is 9.84 Å². The zero-order valence-electron chi connectivity index (χ0n) is 13.9. The van der Waals surface area contributed by atoms with Crippen molar-refractivity contribution in [1.29, 1.82) is 0 Å². The number of benzene rings is 2. The van der Waals surface area contributed by atoms with Gasteiger partial charge in [0.25, 0.3) is 0 Å². The third-order valence-electron chi connectivity index (χ3n) is 4.46. The Morgan fingerprint density at radius 2 is 1.83 bits per heavy atom. The van der Waals surface area contributed by atoms with Crippen molar-refractivity contribution in [1.82, 2.24) is 4.90 Å². The average Bonchev–Trinajstić information content (AvgIpc) is 2.90. The standard InChI is InChI=1S/C20H23NO2.ClH/c1-3-15-8-4-5-9-18(15)19-10-6-7-11-20(19)23-14-16-12-17(22)13-21(16)2;/h3-11,16-17,22H,1,12-14H2,2H3;1H/t16?,17-;/m1./s1. The van der Waals surface area contributed by atoms with Crippen LogP contribution in [0, 0.1) is 0 Å². The summed E-state index contributed by atoms with van der Waals surface area (Å²) in [4.78, 5) is 2.16. The van der Waals surface area contributed by atoms with Crippen LogP contribution >= 0.6 is 12.4 Å². The van der Waals surface area contributed by atoms with E-state index in [0.717, 1.165) is 35.4 Å². The number of rotatable bonds is 5. The van der Waals surface area contributed by atoms with Crippen LogP contribution in [-0.2, 0) is 0 Å². The van der Waals surface area contributed by atoms with Crippen LogP contribution in [0.3, 0.4) is 0 Å². The molecule has 0 spiro atoms. The summed E-state index contributed by atoms with van der Waals surface area (Å²) in [6.45, 7) is 5.20. The van der Waals surface area contributed by atoms with Gasteiger partial charge in [0.15, 0.2) is 0 Å². The molecule has 0 radical (unpaired) electrons. The van der Waals surface area contributed by atoms with E-state index in [-0.39, 0.29) is 24.6 Å². The van der Waals surface area contributed by atoms with Gasteiger partial charge in [-0.1, -0.05) is 55.1 Å². The normalized spacial score (nSPS) is 20.4. The van der Waals surface area contributed by atoms with Gasteiger partial charge in [-0.05, 0) is 30.7 Å². The van der Waals surface area contributed by atoms with E-state index in [0.29, 0.717) is 6.61 Å². The molecule has 24 heavy (non-hydrogen) atoms. The predicted octanol–water partition coefficient (Wildman–Crippen LogP) is 3.86. The second kappa shape index (κ2) is 8.34. The Morgan fingerprint density at radius 3 is 2.50 bits per heavy atom. The molecule has 0 amide bonds. The number of halogens is 1. The number of aliphatic hydroxyl groups is 1. The van der Waals surface area contributed by atoms with E-state index in [1.54, 1.807) is 0 Å². The van der Waals surface area contributed by atoms with Gasteiger partial charge in [0.2, 0.25) is 0 Å². The molecule has 1 aliphatic heterocycles. The van der Waals surface area contributed by atoms with Gasteiger partial charge in [-0.3, -0.25) is 4.90 Å². The highest BCUT2D eigenvalue weighted by Crippen LogP contribution is 2.33. The summed E-state index contributed by atoms with van der Waals surface area (Å²) >= 11 is 0. The van der Waals surface area contributed by atoms with Gasteiger partial charge in [0.05, 0.1) is 6.10 Å². The van der Waals surface area contributed by atoms with E-state index in [1.165, 1.54) is 0 Å². The number of aliphatic hydroxyl groups excluding tert-OH is 1. The second-order valence-electron chi connectivity index (χ2n) is 6.08. The number of β-amino-alcohol motifs (C(OH)–C–C–N with tert-alkyl or cyclic N) is 1. The lowest BCUT2D eigenvalue weighted by Gasteiger charge is -2.20. The minimum Gasteiger partial charge on any atom is -0.491 e. The maximum Gasteiger partial charge on any atom is 0.127 e. The second-order valence-corrected chi connectivity index (χ2v) is 6.08. The van der Waals surface area contributed by atoms with Crippen LogP contribution < -0.4 is 4.74 Å². The zero-order valence-corrected chi connectivity index (χ0v) is 14.7. The van der Waals surface area contributed by atoms with Crippen molar-refractivity contribution in [2.24, 2.45) is 0 Å². The third kappa shape index (κ3) is 3.99. The fraction of sp³-hybridized carbons (Fsp3) is 0.300. The molecule has 4 heteroatoms. The summed E-state index contributed by atoms with van der Waals surface area (Å²) in [6.07, 6.45) is 2.39. The molecule has 3 nitrogen and oxygen atoms in total. The predicted molar refractivity (Wildman–Crippen MR) is 102 cm³/mol. The molecule has 0 saturated carbocycles. The molecule has 2 atom stereocenters. The first kappa shape index (κ1) is 18.5. The molecule has 2 aromatic rings. The number of likely N-dealkylation sites (tertiary alicyclic amines) is 1. The van der Waals surface area contributed by atoms with Crippen LogP contribution in [0.2, 0.25) is 0 Å². The highest BCUT2D eigenvalue weighted by molar-refractivity contribution is 5.85. The highest BCUT2D eigenvalue weighted by atomic mass is 35.5. The summed E-state index contributed by atoms with van der Waals surface area (Å²) < 4.78 is 6.11. The van der Waals surface area contributed by atoms with Crippen molar-refractivity contribution in [3.63, 3.8) is 0 Å². The van der Waals surface area contributed by atoms with Gasteiger partial charge in [-0.15, -0.1) is 12.4 Å². The highest BCUT2D eigenvalue weighted by Gasteiger charge is 2.28. The largest absolute Gasteiger partial charge is 0.491 e. The summed E-state index contributed by atoms with van der Waals surface area (Å²) in [5.41, 5.74) is 3.29. The number of likely N-dealkylation sites (N-methyl/N-ethyl adjacent to an activating group) is 1.